The molecule has 0 atom stereocenters. The van der Waals surface area contributed by atoms with Crippen molar-refractivity contribution in [1.29, 1.82) is 0 Å². The molecule has 1 saturated heterocycles. The summed E-state index contributed by atoms with van der Waals surface area (Å²) in [5, 5.41) is 0.305. The lowest BCUT2D eigenvalue weighted by Crippen LogP contribution is -2.48. The number of carbonyl (C=O) groups excluding carboxylic acids is 1. The number of benzene rings is 2. The van der Waals surface area contributed by atoms with Gasteiger partial charge in [0.25, 0.3) is 0 Å². The molecule has 1 aliphatic heterocycles. The smallest absolute Gasteiger partial charge is 0.236 e. The minimum absolute atomic E-state index is 0.00814. The fraction of sp³-hybridized carbons (Fsp3) is 0.238. The third kappa shape index (κ3) is 3.93. The van der Waals surface area contributed by atoms with Gasteiger partial charge in [0.15, 0.2) is 0 Å². The molecule has 7 nitrogen and oxygen atoms in total. The molecular formula is C21H20ClN3O4S. The Morgan fingerprint density at radius 2 is 1.63 bits per heavy atom. The van der Waals surface area contributed by atoms with Crippen molar-refractivity contribution in [2.45, 2.75) is 16.8 Å². The number of hydrogen-bond acceptors (Lipinski definition) is 6. The summed E-state index contributed by atoms with van der Waals surface area (Å²) in [4.78, 5) is 19.6. The first-order valence-electron chi connectivity index (χ1n) is 9.43. The van der Waals surface area contributed by atoms with E-state index in [1.807, 2.05) is 35.2 Å². The van der Waals surface area contributed by atoms with Crippen molar-refractivity contribution in [3.8, 4) is 11.5 Å². The van der Waals surface area contributed by atoms with Crippen molar-refractivity contribution in [1.82, 2.24) is 9.88 Å². The second-order valence-electron chi connectivity index (χ2n) is 6.95. The first-order chi connectivity index (χ1) is 14.4. The average molecular weight is 446 g/mol. The third-order valence-electron chi connectivity index (χ3n) is 4.99. The van der Waals surface area contributed by atoms with Crippen LogP contribution in [-0.2, 0) is 14.6 Å². The summed E-state index contributed by atoms with van der Waals surface area (Å²) in [6.45, 7) is 3.39. The van der Waals surface area contributed by atoms with E-state index in [9.17, 15) is 13.2 Å². The highest BCUT2D eigenvalue weighted by Crippen LogP contribution is 2.35. The van der Waals surface area contributed by atoms with Crippen LogP contribution in [0.5, 0.6) is 0 Å². The van der Waals surface area contributed by atoms with E-state index in [1.54, 1.807) is 4.90 Å². The van der Waals surface area contributed by atoms with Crippen LogP contribution < -0.4 is 4.90 Å². The SMILES string of the molecule is CC(=O)N1CCN(c2oc(-c3ccccc3)nc2S(=O)(=O)c2ccc(Cl)cc2)CC1. The summed E-state index contributed by atoms with van der Waals surface area (Å²) in [6, 6.07) is 15.1. The number of piperazine rings is 1. The minimum atomic E-state index is -3.94. The Labute approximate surface area is 179 Å². The van der Waals surface area contributed by atoms with Gasteiger partial charge in [0.1, 0.15) is 0 Å². The van der Waals surface area contributed by atoms with Gasteiger partial charge < -0.3 is 14.2 Å². The van der Waals surface area contributed by atoms with Crippen LogP contribution >= 0.6 is 11.6 Å². The lowest BCUT2D eigenvalue weighted by Gasteiger charge is -2.34. The van der Waals surface area contributed by atoms with Gasteiger partial charge in [-0.25, -0.2) is 8.42 Å². The number of halogens is 1. The fourth-order valence-electron chi connectivity index (χ4n) is 3.33. The van der Waals surface area contributed by atoms with Gasteiger partial charge in [-0.05, 0) is 36.4 Å². The number of aromatic nitrogens is 1. The van der Waals surface area contributed by atoms with E-state index in [-0.39, 0.29) is 27.6 Å². The molecule has 0 saturated carbocycles. The maximum absolute atomic E-state index is 13.4. The Hall–Kier alpha value is -2.84. The predicted octanol–water partition coefficient (Wildman–Crippen LogP) is 3.50. The standard InChI is InChI=1S/C21H20ClN3O4S/c1-15(26)24-11-13-25(14-12-24)21-20(23-19(29-21)16-5-3-2-4-6-16)30(27,28)18-9-7-17(22)8-10-18/h2-10H,11-14H2,1H3. The summed E-state index contributed by atoms with van der Waals surface area (Å²) in [5.74, 6) is 0.408. The van der Waals surface area contributed by atoms with Gasteiger partial charge in [-0.3, -0.25) is 4.79 Å². The molecule has 0 radical (unpaired) electrons. The molecule has 156 valence electrons. The van der Waals surface area contributed by atoms with E-state index >= 15 is 0 Å². The van der Waals surface area contributed by atoms with E-state index in [2.05, 4.69) is 4.98 Å². The number of carbonyl (C=O) groups is 1. The zero-order valence-electron chi connectivity index (χ0n) is 16.3. The molecule has 9 heteroatoms. The third-order valence-corrected chi connectivity index (χ3v) is 6.91. The van der Waals surface area contributed by atoms with E-state index in [4.69, 9.17) is 16.0 Å². The van der Waals surface area contributed by atoms with Crippen LogP contribution in [0.4, 0.5) is 5.88 Å². The van der Waals surface area contributed by atoms with Gasteiger partial charge in [-0.1, -0.05) is 29.8 Å². The molecule has 4 rings (SSSR count). The zero-order chi connectivity index (χ0) is 21.3. The monoisotopic (exact) mass is 445 g/mol. The number of anilines is 1. The predicted molar refractivity (Wildman–Crippen MR) is 113 cm³/mol. The first kappa shape index (κ1) is 20.4. The van der Waals surface area contributed by atoms with E-state index < -0.39 is 9.84 Å². The fourth-order valence-corrected chi connectivity index (χ4v) is 4.77. The molecule has 0 N–H and O–H groups in total. The van der Waals surface area contributed by atoms with Gasteiger partial charge >= 0.3 is 0 Å². The Morgan fingerprint density at radius 3 is 2.23 bits per heavy atom. The Balaban J connectivity index is 1.78. The van der Waals surface area contributed by atoms with Gasteiger partial charge in [-0.15, -0.1) is 0 Å². The molecule has 2 heterocycles. The van der Waals surface area contributed by atoms with Crippen molar-refractivity contribution in [3.05, 3.63) is 59.6 Å². The van der Waals surface area contributed by atoms with Gasteiger partial charge in [-0.2, -0.15) is 4.98 Å². The van der Waals surface area contributed by atoms with Crippen molar-refractivity contribution < 1.29 is 17.6 Å². The van der Waals surface area contributed by atoms with E-state index in [1.165, 1.54) is 31.2 Å². The van der Waals surface area contributed by atoms with E-state index in [0.717, 1.165) is 0 Å². The highest BCUT2D eigenvalue weighted by Gasteiger charge is 2.33. The molecule has 1 fully saturated rings. The molecule has 2 aromatic carbocycles. The molecule has 0 unspecified atom stereocenters. The van der Waals surface area contributed by atoms with Crippen LogP contribution in [0.2, 0.25) is 5.02 Å². The number of sulfone groups is 1. The molecule has 1 amide bonds. The number of amides is 1. The topological polar surface area (TPSA) is 83.7 Å². The number of nitrogens with zero attached hydrogens (tertiary/aromatic N) is 3. The number of rotatable bonds is 4. The summed E-state index contributed by atoms with van der Waals surface area (Å²) in [7, 11) is -3.94. The lowest BCUT2D eigenvalue weighted by molar-refractivity contribution is -0.129. The van der Waals surface area contributed by atoms with Crippen molar-refractivity contribution in [2.24, 2.45) is 0 Å². The second-order valence-corrected chi connectivity index (χ2v) is 9.25. The Bertz CT molecular complexity index is 1150. The van der Waals surface area contributed by atoms with Crippen molar-refractivity contribution in [2.75, 3.05) is 31.1 Å². The largest absolute Gasteiger partial charge is 0.419 e. The molecule has 0 bridgehead atoms. The molecule has 0 aliphatic carbocycles. The first-order valence-corrected chi connectivity index (χ1v) is 11.3. The normalized spacial score (nSPS) is 14.7. The minimum Gasteiger partial charge on any atom is -0.419 e. The van der Waals surface area contributed by atoms with Gasteiger partial charge in [0, 0.05) is 43.7 Å². The molecule has 1 aromatic heterocycles. The van der Waals surface area contributed by atoms with Gasteiger partial charge in [0.05, 0.1) is 4.90 Å². The molecule has 30 heavy (non-hydrogen) atoms. The van der Waals surface area contributed by atoms with Crippen LogP contribution in [0, 0.1) is 0 Å². The highest BCUT2D eigenvalue weighted by atomic mass is 35.5. The number of oxazole rings is 1. The van der Waals surface area contributed by atoms with E-state index in [0.29, 0.717) is 36.8 Å². The molecular weight excluding hydrogens is 426 g/mol. The summed E-state index contributed by atoms with van der Waals surface area (Å²) in [6.07, 6.45) is 0. The second kappa shape index (κ2) is 8.12. The van der Waals surface area contributed by atoms with Crippen LogP contribution in [0.15, 0.2) is 68.9 Å². The van der Waals surface area contributed by atoms with Crippen LogP contribution in [-0.4, -0.2) is 50.4 Å². The number of hydrogen-bond donors (Lipinski definition) is 0. The lowest BCUT2D eigenvalue weighted by atomic mass is 10.2. The molecule has 3 aromatic rings. The average Bonchev–Trinajstić information content (AvgIpc) is 3.21. The van der Waals surface area contributed by atoms with Gasteiger partial charge in [0.2, 0.25) is 32.5 Å². The zero-order valence-corrected chi connectivity index (χ0v) is 17.9. The Morgan fingerprint density at radius 1 is 1.00 bits per heavy atom. The maximum Gasteiger partial charge on any atom is 0.236 e. The highest BCUT2D eigenvalue weighted by molar-refractivity contribution is 7.91. The van der Waals surface area contributed by atoms with Crippen LogP contribution in [0.25, 0.3) is 11.5 Å². The maximum atomic E-state index is 13.4. The summed E-state index contributed by atoms with van der Waals surface area (Å²) >= 11 is 5.91. The Kier molecular flexibility index (Phi) is 5.53. The molecule has 0 spiro atoms. The molecule has 1 aliphatic rings. The quantitative estimate of drug-likeness (QED) is 0.611. The van der Waals surface area contributed by atoms with Crippen molar-refractivity contribution in [3.63, 3.8) is 0 Å². The van der Waals surface area contributed by atoms with Crippen molar-refractivity contribution >= 4 is 33.2 Å². The summed E-state index contributed by atoms with van der Waals surface area (Å²) in [5.41, 5.74) is 0.679. The summed E-state index contributed by atoms with van der Waals surface area (Å²) < 4.78 is 32.7. The van der Waals surface area contributed by atoms with Crippen LogP contribution in [0.1, 0.15) is 6.92 Å². The van der Waals surface area contributed by atoms with Crippen LogP contribution in [0.3, 0.4) is 0 Å².